The van der Waals surface area contributed by atoms with Gasteiger partial charge in [-0.15, -0.1) is 0 Å². The van der Waals surface area contributed by atoms with Crippen LogP contribution in [0.25, 0.3) is 0 Å². The van der Waals surface area contributed by atoms with E-state index in [-0.39, 0.29) is 0 Å². The summed E-state index contributed by atoms with van der Waals surface area (Å²) in [5.74, 6) is 2.54. The molecule has 2 saturated heterocycles. The molecule has 2 aliphatic heterocycles. The van der Waals surface area contributed by atoms with Crippen LogP contribution in [0.2, 0.25) is 0 Å². The molecule has 0 spiro atoms. The van der Waals surface area contributed by atoms with E-state index in [1.165, 1.54) is 45.4 Å². The van der Waals surface area contributed by atoms with Crippen LogP contribution in [0.5, 0.6) is 0 Å². The molecule has 30 heavy (non-hydrogen) atoms. The summed E-state index contributed by atoms with van der Waals surface area (Å²) in [6, 6.07) is 0. The summed E-state index contributed by atoms with van der Waals surface area (Å²) in [4.78, 5) is 4.85. The fourth-order valence-corrected chi connectivity index (χ4v) is 3.45. The first-order valence-corrected chi connectivity index (χ1v) is 12.9. The van der Waals surface area contributed by atoms with Crippen molar-refractivity contribution in [1.29, 1.82) is 0 Å². The molecule has 3 unspecified atom stereocenters. The summed E-state index contributed by atoms with van der Waals surface area (Å²) >= 11 is 0. The van der Waals surface area contributed by atoms with Crippen LogP contribution in [-0.4, -0.2) is 56.6 Å². The van der Waals surface area contributed by atoms with Gasteiger partial charge in [0, 0.05) is 13.1 Å². The first-order chi connectivity index (χ1) is 13.8. The molecule has 3 atom stereocenters. The molecule has 0 bridgehead atoms. The van der Waals surface area contributed by atoms with Crippen molar-refractivity contribution in [3.63, 3.8) is 0 Å². The van der Waals surface area contributed by atoms with Gasteiger partial charge in [0.2, 0.25) is 0 Å². The summed E-state index contributed by atoms with van der Waals surface area (Å²) in [6.07, 6.45) is 3.98. The van der Waals surface area contributed by atoms with E-state index in [9.17, 15) is 0 Å². The van der Waals surface area contributed by atoms with Crippen molar-refractivity contribution >= 4 is 0 Å². The van der Waals surface area contributed by atoms with Gasteiger partial charge in [-0.2, -0.15) is 0 Å². The molecular formula is C27H63N3. The maximum absolute atomic E-state index is 5.28. The third-order valence-electron chi connectivity index (χ3n) is 6.33. The maximum atomic E-state index is 5.28. The van der Waals surface area contributed by atoms with Crippen molar-refractivity contribution in [2.75, 3.05) is 46.8 Å². The largest absolute Gasteiger partial charge is 0.330 e. The zero-order valence-electron chi connectivity index (χ0n) is 23.9. The molecule has 2 aliphatic rings. The maximum Gasteiger partial charge on any atom is 0.00121 e. The van der Waals surface area contributed by atoms with Crippen LogP contribution in [0, 0.1) is 28.6 Å². The van der Waals surface area contributed by atoms with E-state index >= 15 is 0 Å². The fraction of sp³-hybridized carbons (Fsp3) is 1.00. The van der Waals surface area contributed by atoms with E-state index in [0.29, 0.717) is 16.7 Å². The van der Waals surface area contributed by atoms with Crippen molar-refractivity contribution in [3.05, 3.63) is 0 Å². The third kappa shape index (κ3) is 17.5. The number of nitrogens with two attached hydrogens (primary N) is 1. The minimum Gasteiger partial charge on any atom is -0.330 e. The Balaban J connectivity index is -0.000000346. The van der Waals surface area contributed by atoms with Gasteiger partial charge < -0.3 is 15.5 Å². The molecular weight excluding hydrogens is 366 g/mol. The first kappa shape index (κ1) is 34.5. The smallest absolute Gasteiger partial charge is 0.00121 e. The fourth-order valence-electron chi connectivity index (χ4n) is 3.45. The lowest BCUT2D eigenvalue weighted by Crippen LogP contribution is -2.23. The van der Waals surface area contributed by atoms with Gasteiger partial charge in [0.05, 0.1) is 0 Å². The van der Waals surface area contributed by atoms with E-state index in [1.54, 1.807) is 0 Å². The zero-order valence-corrected chi connectivity index (χ0v) is 23.9. The summed E-state index contributed by atoms with van der Waals surface area (Å²) in [5.41, 5.74) is 6.32. The standard InChI is InChI=1S/2C9H19N.C5H13N.2C2H6/c2*1-9(2,3)8-5-6-10(4)7-8;1-3-5(2)4-6;2*1-2/h2*8H,5-7H2,1-4H3;5H,3-4,6H2,1-2H3;2*1-2H3. The van der Waals surface area contributed by atoms with Crippen LogP contribution < -0.4 is 5.73 Å². The summed E-state index contributed by atoms with van der Waals surface area (Å²) in [5, 5.41) is 0. The lowest BCUT2D eigenvalue weighted by molar-refractivity contribution is 0.241. The Bertz CT molecular complexity index is 320. The second-order valence-corrected chi connectivity index (χ2v) is 11.0. The predicted molar refractivity (Wildman–Crippen MR) is 141 cm³/mol. The van der Waals surface area contributed by atoms with Crippen molar-refractivity contribution in [2.45, 2.75) is 102 Å². The minimum atomic E-state index is 0.519. The van der Waals surface area contributed by atoms with E-state index in [2.05, 4.69) is 79.3 Å². The molecule has 0 aromatic heterocycles. The highest BCUT2D eigenvalue weighted by Crippen LogP contribution is 2.33. The average molecular weight is 430 g/mol. The Morgan fingerprint density at radius 2 is 1.07 bits per heavy atom. The van der Waals surface area contributed by atoms with Crippen LogP contribution in [0.3, 0.4) is 0 Å². The summed E-state index contributed by atoms with van der Waals surface area (Å²) < 4.78 is 0. The van der Waals surface area contributed by atoms with Crippen LogP contribution in [0.4, 0.5) is 0 Å². The van der Waals surface area contributed by atoms with Crippen LogP contribution in [-0.2, 0) is 0 Å². The lowest BCUT2D eigenvalue weighted by atomic mass is 9.80. The zero-order chi connectivity index (χ0) is 24.5. The molecule has 2 heterocycles. The topological polar surface area (TPSA) is 32.5 Å². The normalized spacial score (nSPS) is 22.9. The molecule has 0 aliphatic carbocycles. The highest BCUT2D eigenvalue weighted by molar-refractivity contribution is 4.82. The van der Waals surface area contributed by atoms with Gasteiger partial charge in [0.15, 0.2) is 0 Å². The van der Waals surface area contributed by atoms with E-state index < -0.39 is 0 Å². The van der Waals surface area contributed by atoms with Gasteiger partial charge in [-0.3, -0.25) is 0 Å². The third-order valence-corrected chi connectivity index (χ3v) is 6.33. The van der Waals surface area contributed by atoms with Crippen molar-refractivity contribution in [2.24, 2.45) is 34.3 Å². The van der Waals surface area contributed by atoms with Gasteiger partial charge in [0.25, 0.3) is 0 Å². The monoisotopic (exact) mass is 430 g/mol. The van der Waals surface area contributed by atoms with Crippen LogP contribution in [0.15, 0.2) is 0 Å². The minimum absolute atomic E-state index is 0.519. The van der Waals surface area contributed by atoms with E-state index in [4.69, 9.17) is 5.73 Å². The molecule has 2 N–H and O–H groups in total. The van der Waals surface area contributed by atoms with Gasteiger partial charge >= 0.3 is 0 Å². The molecule has 0 aromatic carbocycles. The Morgan fingerprint density at radius 1 is 0.767 bits per heavy atom. The van der Waals surface area contributed by atoms with E-state index in [0.717, 1.165) is 18.4 Å². The molecule has 0 radical (unpaired) electrons. The first-order valence-electron chi connectivity index (χ1n) is 12.9. The van der Waals surface area contributed by atoms with Crippen molar-refractivity contribution in [1.82, 2.24) is 9.80 Å². The van der Waals surface area contributed by atoms with E-state index in [1.807, 2.05) is 27.7 Å². The second-order valence-electron chi connectivity index (χ2n) is 11.0. The SMILES string of the molecule is CC.CC.CCC(C)CN.CN1CCC(C(C)(C)C)C1.CN1CCC(C(C)(C)C)C1. The lowest BCUT2D eigenvalue weighted by Gasteiger charge is -2.26. The highest BCUT2D eigenvalue weighted by atomic mass is 15.1. The molecule has 0 amide bonds. The molecule has 2 fully saturated rings. The van der Waals surface area contributed by atoms with Gasteiger partial charge in [-0.25, -0.2) is 0 Å². The number of rotatable bonds is 2. The number of hydrogen-bond acceptors (Lipinski definition) is 3. The molecule has 3 nitrogen and oxygen atoms in total. The Labute approximate surface area is 193 Å². The second kappa shape index (κ2) is 18.5. The van der Waals surface area contributed by atoms with Crippen molar-refractivity contribution < 1.29 is 0 Å². The highest BCUT2D eigenvalue weighted by Gasteiger charge is 2.30. The molecule has 186 valence electrons. The van der Waals surface area contributed by atoms with Crippen LogP contribution in [0.1, 0.15) is 102 Å². The van der Waals surface area contributed by atoms with Gasteiger partial charge in [0.1, 0.15) is 0 Å². The molecule has 0 saturated carbocycles. The number of hydrogen-bond donors (Lipinski definition) is 1. The van der Waals surface area contributed by atoms with Crippen LogP contribution >= 0.6 is 0 Å². The Hall–Kier alpha value is -0.120. The Morgan fingerprint density at radius 3 is 1.13 bits per heavy atom. The van der Waals surface area contributed by atoms with Gasteiger partial charge in [-0.05, 0) is 75.2 Å². The number of likely N-dealkylation sites (tertiary alicyclic amines) is 2. The predicted octanol–water partition coefficient (Wildman–Crippen LogP) is 7.01. The van der Waals surface area contributed by atoms with Crippen molar-refractivity contribution in [3.8, 4) is 0 Å². The molecule has 3 heteroatoms. The average Bonchev–Trinajstić information content (AvgIpc) is 3.33. The number of nitrogens with zero attached hydrogens (tertiary/aromatic N) is 2. The summed E-state index contributed by atoms with van der Waals surface area (Å²) in [6.45, 7) is 32.4. The summed E-state index contributed by atoms with van der Waals surface area (Å²) in [7, 11) is 4.43. The quantitative estimate of drug-likeness (QED) is 0.512. The van der Waals surface area contributed by atoms with Gasteiger partial charge in [-0.1, -0.05) is 89.5 Å². The molecule has 0 aromatic rings. The molecule has 2 rings (SSSR count). The Kier molecular flexibility index (Phi) is 21.2.